The van der Waals surface area contributed by atoms with E-state index in [9.17, 15) is 13.2 Å². The van der Waals surface area contributed by atoms with E-state index in [-0.39, 0.29) is 29.6 Å². The third-order valence-corrected chi connectivity index (χ3v) is 8.28. The summed E-state index contributed by atoms with van der Waals surface area (Å²) in [6, 6.07) is 15.4. The van der Waals surface area contributed by atoms with Crippen molar-refractivity contribution in [1.29, 1.82) is 0 Å². The predicted molar refractivity (Wildman–Crippen MR) is 132 cm³/mol. The highest BCUT2D eigenvalue weighted by Crippen LogP contribution is 2.35. The molecule has 0 aliphatic carbocycles. The number of hydrogen-bond acceptors (Lipinski definition) is 7. The van der Waals surface area contributed by atoms with Crippen LogP contribution in [0.15, 0.2) is 64.5 Å². The second kappa shape index (κ2) is 10.8. The molecule has 4 rings (SSSR count). The summed E-state index contributed by atoms with van der Waals surface area (Å²) in [6.07, 6.45) is 1.81. The molecule has 188 valence electrons. The van der Waals surface area contributed by atoms with Gasteiger partial charge < -0.3 is 19.5 Å². The van der Waals surface area contributed by atoms with Crippen LogP contribution in [0.1, 0.15) is 38.2 Å². The molecule has 9 heteroatoms. The van der Waals surface area contributed by atoms with Crippen molar-refractivity contribution >= 4 is 21.6 Å². The summed E-state index contributed by atoms with van der Waals surface area (Å²) in [6.45, 7) is 3.54. The molecule has 1 amide bonds. The molecule has 0 saturated carbocycles. The van der Waals surface area contributed by atoms with Gasteiger partial charge in [0.05, 0.1) is 17.3 Å². The Balaban J connectivity index is 1.61. The third-order valence-electron chi connectivity index (χ3n) is 6.55. The fourth-order valence-corrected chi connectivity index (χ4v) is 5.85. The fourth-order valence-electron chi connectivity index (χ4n) is 4.46. The molecule has 35 heavy (non-hydrogen) atoms. The number of carbonyl (C=O) groups excluding carboxylic acids is 1. The summed E-state index contributed by atoms with van der Waals surface area (Å²) in [5.41, 5.74) is -0.619. The zero-order valence-electron chi connectivity index (χ0n) is 19.9. The number of ether oxygens (including phenoxy) is 2. The van der Waals surface area contributed by atoms with Gasteiger partial charge in [-0.1, -0.05) is 18.2 Å². The molecule has 0 spiro atoms. The van der Waals surface area contributed by atoms with Crippen molar-refractivity contribution in [1.82, 2.24) is 4.90 Å². The zero-order valence-corrected chi connectivity index (χ0v) is 20.7. The Bertz CT molecular complexity index is 1140. The summed E-state index contributed by atoms with van der Waals surface area (Å²) in [7, 11) is -3.60. The summed E-state index contributed by atoms with van der Waals surface area (Å²) in [5.74, 6) is 0.592. The first kappa shape index (κ1) is 25.2. The van der Waals surface area contributed by atoms with Crippen molar-refractivity contribution in [2.75, 3.05) is 32.1 Å². The lowest BCUT2D eigenvalue weighted by Crippen LogP contribution is -2.52. The number of likely N-dealkylation sites (tertiary alicyclic amines) is 1. The second-order valence-corrected chi connectivity index (χ2v) is 11.0. The van der Waals surface area contributed by atoms with Gasteiger partial charge in [0.2, 0.25) is 5.90 Å². The zero-order chi connectivity index (χ0) is 24.9. The number of aliphatic imine (C=N–C) groups is 1. The van der Waals surface area contributed by atoms with Crippen LogP contribution in [0.2, 0.25) is 0 Å². The summed E-state index contributed by atoms with van der Waals surface area (Å²) in [4.78, 5) is 20.5. The lowest BCUT2D eigenvalue weighted by atomic mass is 9.89. The average molecular weight is 501 g/mol. The number of carbonyl (C=O) groups is 1. The lowest BCUT2D eigenvalue weighted by Gasteiger charge is -2.32. The number of hydrogen-bond donors (Lipinski definition) is 1. The molecule has 2 aromatic rings. The van der Waals surface area contributed by atoms with E-state index in [1.54, 1.807) is 66.4 Å². The van der Waals surface area contributed by atoms with Crippen molar-refractivity contribution in [2.24, 2.45) is 4.99 Å². The Labute approximate surface area is 206 Å². The Kier molecular flexibility index (Phi) is 7.76. The molecule has 1 N–H and O–H groups in total. The molecule has 1 fully saturated rings. The minimum absolute atomic E-state index is 0.0343. The number of rotatable bonds is 10. The van der Waals surface area contributed by atoms with Crippen molar-refractivity contribution in [3.8, 4) is 5.75 Å². The first-order chi connectivity index (χ1) is 16.9. The molecule has 0 unspecified atom stereocenters. The van der Waals surface area contributed by atoms with Crippen LogP contribution >= 0.6 is 0 Å². The molecule has 1 saturated heterocycles. The van der Waals surface area contributed by atoms with Crippen molar-refractivity contribution < 1.29 is 27.8 Å². The van der Waals surface area contributed by atoms with E-state index in [2.05, 4.69) is 0 Å². The van der Waals surface area contributed by atoms with E-state index in [0.29, 0.717) is 43.3 Å². The predicted octanol–water partition coefficient (Wildman–Crippen LogP) is 2.84. The van der Waals surface area contributed by atoms with Crippen LogP contribution in [-0.2, 0) is 19.4 Å². The van der Waals surface area contributed by atoms with Crippen LogP contribution < -0.4 is 4.74 Å². The Morgan fingerprint density at radius 3 is 2.49 bits per heavy atom. The van der Waals surface area contributed by atoms with Gasteiger partial charge in [-0.15, -0.1) is 0 Å². The maximum atomic E-state index is 13.7. The van der Waals surface area contributed by atoms with E-state index < -0.39 is 21.5 Å². The highest BCUT2D eigenvalue weighted by Gasteiger charge is 2.52. The van der Waals surface area contributed by atoms with Crippen LogP contribution in [0.25, 0.3) is 0 Å². The van der Waals surface area contributed by atoms with E-state index in [1.165, 1.54) is 0 Å². The minimum atomic E-state index is -3.60. The van der Waals surface area contributed by atoms with Crippen LogP contribution in [0.4, 0.5) is 0 Å². The van der Waals surface area contributed by atoms with Crippen LogP contribution in [0, 0.1) is 0 Å². The largest absolute Gasteiger partial charge is 0.494 e. The molecule has 2 aliphatic rings. The van der Waals surface area contributed by atoms with Gasteiger partial charge in [0.25, 0.3) is 5.91 Å². The molecular weight excluding hydrogens is 468 g/mol. The van der Waals surface area contributed by atoms with E-state index in [0.717, 1.165) is 12.8 Å². The number of benzene rings is 2. The summed E-state index contributed by atoms with van der Waals surface area (Å²) in [5, 5.41) is 8.91. The van der Waals surface area contributed by atoms with Crippen LogP contribution in [-0.4, -0.2) is 73.9 Å². The van der Waals surface area contributed by atoms with Gasteiger partial charge in [-0.3, -0.25) is 4.79 Å². The SMILES string of the molecule is C[C@H]1OC(c2ccc(OCCCO)cc2)=N[C@@]1(CCS(=O)(=O)c1ccccc1)C(=O)N1CCCC1. The minimum Gasteiger partial charge on any atom is -0.494 e. The number of amides is 1. The molecule has 0 aromatic heterocycles. The average Bonchev–Trinajstić information content (AvgIpc) is 3.53. The van der Waals surface area contributed by atoms with E-state index in [4.69, 9.17) is 19.6 Å². The lowest BCUT2D eigenvalue weighted by molar-refractivity contribution is -0.138. The number of aliphatic hydroxyl groups excluding tert-OH is 1. The monoisotopic (exact) mass is 500 g/mol. The molecular formula is C26H32N2O6S. The Morgan fingerprint density at radius 1 is 1.14 bits per heavy atom. The standard InChI is InChI=1S/C26H32N2O6S/c1-20-26(25(30)28-15-5-6-16-28,14-19-35(31,32)23-8-3-2-4-9-23)27-24(34-20)21-10-12-22(13-11-21)33-18-7-17-29/h2-4,8-13,20,29H,5-7,14-19H2,1H3/t20-,26-/m1/s1. The Hall–Kier alpha value is -2.91. The van der Waals surface area contributed by atoms with Gasteiger partial charge in [0.1, 0.15) is 11.9 Å². The van der Waals surface area contributed by atoms with Crippen LogP contribution in [0.5, 0.6) is 5.75 Å². The van der Waals surface area contributed by atoms with E-state index >= 15 is 0 Å². The maximum absolute atomic E-state index is 13.7. The quantitative estimate of drug-likeness (QED) is 0.503. The normalized spacial score (nSPS) is 22.1. The topological polar surface area (TPSA) is 105 Å². The van der Waals surface area contributed by atoms with Gasteiger partial charge in [-0.2, -0.15) is 0 Å². The summed E-state index contributed by atoms with van der Waals surface area (Å²) < 4.78 is 37.7. The van der Waals surface area contributed by atoms with Gasteiger partial charge in [-0.25, -0.2) is 13.4 Å². The highest BCUT2D eigenvalue weighted by atomic mass is 32.2. The first-order valence-electron chi connectivity index (χ1n) is 12.0. The molecule has 0 radical (unpaired) electrons. The molecule has 2 atom stereocenters. The molecule has 0 bridgehead atoms. The number of nitrogens with zero attached hydrogens (tertiary/aromatic N) is 2. The first-order valence-corrected chi connectivity index (χ1v) is 13.7. The third kappa shape index (κ3) is 5.51. The molecule has 2 aliphatic heterocycles. The van der Waals surface area contributed by atoms with Gasteiger partial charge >= 0.3 is 0 Å². The van der Waals surface area contributed by atoms with Crippen molar-refractivity contribution in [3.63, 3.8) is 0 Å². The summed E-state index contributed by atoms with van der Waals surface area (Å²) >= 11 is 0. The Morgan fingerprint density at radius 2 is 1.83 bits per heavy atom. The van der Waals surface area contributed by atoms with Crippen molar-refractivity contribution in [2.45, 2.75) is 49.1 Å². The molecule has 2 heterocycles. The maximum Gasteiger partial charge on any atom is 0.254 e. The second-order valence-electron chi connectivity index (χ2n) is 8.93. The van der Waals surface area contributed by atoms with Gasteiger partial charge in [0, 0.05) is 31.7 Å². The fraction of sp³-hybridized carbons (Fsp3) is 0.462. The van der Waals surface area contributed by atoms with E-state index in [1.807, 2.05) is 0 Å². The van der Waals surface area contributed by atoms with Crippen molar-refractivity contribution in [3.05, 3.63) is 60.2 Å². The molecule has 8 nitrogen and oxygen atoms in total. The number of aliphatic hydroxyl groups is 1. The van der Waals surface area contributed by atoms with Gasteiger partial charge in [0.15, 0.2) is 15.4 Å². The highest BCUT2D eigenvalue weighted by molar-refractivity contribution is 7.91. The van der Waals surface area contributed by atoms with Crippen LogP contribution in [0.3, 0.4) is 0 Å². The molecule has 2 aromatic carbocycles. The smallest absolute Gasteiger partial charge is 0.254 e. The number of sulfone groups is 1. The van der Waals surface area contributed by atoms with Gasteiger partial charge in [-0.05, 0) is 62.6 Å².